The molecular weight excluding hydrogens is 261 g/mol. The lowest BCUT2D eigenvalue weighted by atomic mass is 10.1. The van der Waals surface area contributed by atoms with Crippen molar-refractivity contribution in [2.24, 2.45) is 0 Å². The maximum atomic E-state index is 13.5. The molecule has 1 saturated heterocycles. The number of ether oxygens (including phenoxy) is 1. The zero-order chi connectivity index (χ0) is 13.9. The Hall–Kier alpha value is -2.02. The van der Waals surface area contributed by atoms with E-state index in [-0.39, 0.29) is 11.8 Å². The molecule has 2 heterocycles. The number of nitrogen functional groups attached to an aromatic ring is 1. The highest BCUT2D eigenvalue weighted by molar-refractivity contribution is 5.58. The standard InChI is InChI=1S/C13H16FN5O/c14-11-8-9(3-4-12(11)15)13-16-17-18-19(13)6-5-10-2-1-7-20-10/h3-4,8,10H,1-2,5-7,15H2. The number of hydrogen-bond donors (Lipinski definition) is 1. The van der Waals surface area contributed by atoms with Gasteiger partial charge in [-0.15, -0.1) is 5.10 Å². The minimum Gasteiger partial charge on any atom is -0.396 e. The van der Waals surface area contributed by atoms with Crippen LogP contribution in [0.25, 0.3) is 11.4 Å². The molecule has 1 fully saturated rings. The molecule has 1 aromatic heterocycles. The topological polar surface area (TPSA) is 78.9 Å². The summed E-state index contributed by atoms with van der Waals surface area (Å²) in [5, 5.41) is 11.6. The minimum atomic E-state index is -0.462. The molecule has 1 aliphatic heterocycles. The smallest absolute Gasteiger partial charge is 0.182 e. The first-order chi connectivity index (χ1) is 9.74. The highest BCUT2D eigenvalue weighted by atomic mass is 19.1. The summed E-state index contributed by atoms with van der Waals surface area (Å²) in [5.74, 6) is 0.0815. The average molecular weight is 277 g/mol. The van der Waals surface area contributed by atoms with Crippen LogP contribution in [-0.4, -0.2) is 32.9 Å². The monoisotopic (exact) mass is 277 g/mol. The number of aryl methyl sites for hydroxylation is 1. The second-order valence-corrected chi connectivity index (χ2v) is 4.89. The number of hydrogen-bond acceptors (Lipinski definition) is 5. The molecule has 0 spiro atoms. The van der Waals surface area contributed by atoms with Gasteiger partial charge in [-0.1, -0.05) is 0 Å². The molecule has 2 aromatic rings. The first kappa shape index (κ1) is 13.0. The van der Waals surface area contributed by atoms with Gasteiger partial charge in [-0.05, 0) is 47.9 Å². The van der Waals surface area contributed by atoms with E-state index < -0.39 is 5.82 Å². The number of nitrogens with two attached hydrogens (primary N) is 1. The maximum absolute atomic E-state index is 13.5. The Morgan fingerprint density at radius 3 is 3.10 bits per heavy atom. The van der Waals surface area contributed by atoms with E-state index in [2.05, 4.69) is 15.5 Å². The quantitative estimate of drug-likeness (QED) is 0.859. The molecule has 0 amide bonds. The zero-order valence-corrected chi connectivity index (χ0v) is 11.0. The van der Waals surface area contributed by atoms with Crippen molar-refractivity contribution >= 4 is 5.69 Å². The number of benzene rings is 1. The van der Waals surface area contributed by atoms with Crippen molar-refractivity contribution in [1.29, 1.82) is 0 Å². The van der Waals surface area contributed by atoms with Gasteiger partial charge in [0, 0.05) is 18.7 Å². The first-order valence-electron chi connectivity index (χ1n) is 6.67. The van der Waals surface area contributed by atoms with Crippen molar-refractivity contribution in [2.45, 2.75) is 31.9 Å². The van der Waals surface area contributed by atoms with Crippen LogP contribution in [0.3, 0.4) is 0 Å². The Morgan fingerprint density at radius 1 is 1.45 bits per heavy atom. The van der Waals surface area contributed by atoms with Crippen LogP contribution in [0.5, 0.6) is 0 Å². The molecule has 3 rings (SSSR count). The van der Waals surface area contributed by atoms with Crippen LogP contribution in [0.4, 0.5) is 10.1 Å². The van der Waals surface area contributed by atoms with Gasteiger partial charge in [-0.2, -0.15) is 0 Å². The molecule has 1 atom stereocenters. The first-order valence-corrected chi connectivity index (χ1v) is 6.67. The van der Waals surface area contributed by atoms with E-state index in [4.69, 9.17) is 10.5 Å². The Balaban J connectivity index is 1.76. The minimum absolute atomic E-state index is 0.118. The number of nitrogens with zero attached hydrogens (tertiary/aromatic N) is 4. The van der Waals surface area contributed by atoms with Gasteiger partial charge < -0.3 is 10.5 Å². The van der Waals surface area contributed by atoms with Gasteiger partial charge >= 0.3 is 0 Å². The summed E-state index contributed by atoms with van der Waals surface area (Å²) in [6.07, 6.45) is 3.31. The summed E-state index contributed by atoms with van der Waals surface area (Å²) >= 11 is 0. The van der Waals surface area contributed by atoms with Crippen LogP contribution in [0.1, 0.15) is 19.3 Å². The summed E-state index contributed by atoms with van der Waals surface area (Å²) in [7, 11) is 0. The molecule has 0 aliphatic carbocycles. The van der Waals surface area contributed by atoms with Gasteiger partial charge in [0.25, 0.3) is 0 Å². The fourth-order valence-electron chi connectivity index (χ4n) is 2.37. The van der Waals surface area contributed by atoms with Crippen molar-refractivity contribution in [3.8, 4) is 11.4 Å². The average Bonchev–Trinajstić information content (AvgIpc) is 3.10. The van der Waals surface area contributed by atoms with Crippen LogP contribution >= 0.6 is 0 Å². The normalized spacial score (nSPS) is 18.6. The van der Waals surface area contributed by atoms with Crippen molar-refractivity contribution in [3.63, 3.8) is 0 Å². The van der Waals surface area contributed by atoms with Crippen molar-refractivity contribution in [3.05, 3.63) is 24.0 Å². The third kappa shape index (κ3) is 2.62. The molecule has 1 unspecified atom stereocenters. The predicted molar refractivity (Wildman–Crippen MR) is 71.2 cm³/mol. The summed E-state index contributed by atoms with van der Waals surface area (Å²) < 4.78 is 20.8. The summed E-state index contributed by atoms with van der Waals surface area (Å²) in [6.45, 7) is 1.48. The molecule has 2 N–H and O–H groups in total. The number of aromatic nitrogens is 4. The van der Waals surface area contributed by atoms with Crippen LogP contribution < -0.4 is 5.73 Å². The van der Waals surface area contributed by atoms with Crippen LogP contribution in [0.2, 0.25) is 0 Å². The highest BCUT2D eigenvalue weighted by Crippen LogP contribution is 2.22. The molecule has 6 nitrogen and oxygen atoms in total. The number of rotatable bonds is 4. The van der Waals surface area contributed by atoms with Crippen LogP contribution in [0.15, 0.2) is 18.2 Å². The molecule has 106 valence electrons. The Morgan fingerprint density at radius 2 is 2.35 bits per heavy atom. The van der Waals surface area contributed by atoms with Crippen molar-refractivity contribution < 1.29 is 9.13 Å². The van der Waals surface area contributed by atoms with Crippen molar-refractivity contribution in [1.82, 2.24) is 20.2 Å². The van der Waals surface area contributed by atoms with E-state index >= 15 is 0 Å². The number of anilines is 1. The molecule has 0 saturated carbocycles. The lowest BCUT2D eigenvalue weighted by Crippen LogP contribution is -2.12. The van der Waals surface area contributed by atoms with E-state index in [1.807, 2.05) is 0 Å². The highest BCUT2D eigenvalue weighted by Gasteiger charge is 2.17. The van der Waals surface area contributed by atoms with Gasteiger partial charge in [0.05, 0.1) is 11.8 Å². The Labute approximate surface area is 115 Å². The molecule has 1 aliphatic rings. The fraction of sp³-hybridized carbons (Fsp3) is 0.462. The summed E-state index contributed by atoms with van der Waals surface area (Å²) in [5.41, 5.74) is 6.21. The third-order valence-corrected chi connectivity index (χ3v) is 3.48. The van der Waals surface area contributed by atoms with Gasteiger partial charge in [0.2, 0.25) is 0 Å². The van der Waals surface area contributed by atoms with E-state index in [9.17, 15) is 4.39 Å². The van der Waals surface area contributed by atoms with Gasteiger partial charge in [0.1, 0.15) is 5.82 Å². The van der Waals surface area contributed by atoms with Gasteiger partial charge in [-0.25, -0.2) is 9.07 Å². The molecular formula is C13H16FN5O. The SMILES string of the molecule is Nc1ccc(-c2nnnn2CCC2CCCO2)cc1F. The fourth-order valence-corrected chi connectivity index (χ4v) is 2.37. The molecule has 1 aromatic carbocycles. The second-order valence-electron chi connectivity index (χ2n) is 4.89. The number of halogens is 1. The molecule has 20 heavy (non-hydrogen) atoms. The lowest BCUT2D eigenvalue weighted by molar-refractivity contribution is 0.0994. The van der Waals surface area contributed by atoms with Crippen LogP contribution in [-0.2, 0) is 11.3 Å². The van der Waals surface area contributed by atoms with E-state index in [1.54, 1.807) is 10.7 Å². The maximum Gasteiger partial charge on any atom is 0.182 e. The summed E-state index contributed by atoms with van der Waals surface area (Å²) in [4.78, 5) is 0. The number of tetrazole rings is 1. The predicted octanol–water partition coefficient (Wildman–Crippen LogP) is 1.63. The van der Waals surface area contributed by atoms with E-state index in [1.165, 1.54) is 12.1 Å². The molecule has 7 heteroatoms. The molecule has 0 bridgehead atoms. The van der Waals surface area contributed by atoms with E-state index in [0.29, 0.717) is 17.9 Å². The summed E-state index contributed by atoms with van der Waals surface area (Å²) in [6, 6.07) is 4.58. The third-order valence-electron chi connectivity index (χ3n) is 3.48. The van der Waals surface area contributed by atoms with E-state index in [0.717, 1.165) is 25.9 Å². The Kier molecular flexibility index (Phi) is 3.60. The van der Waals surface area contributed by atoms with Gasteiger partial charge in [0.15, 0.2) is 5.82 Å². The van der Waals surface area contributed by atoms with Gasteiger partial charge in [-0.3, -0.25) is 0 Å². The Bertz CT molecular complexity index is 594. The largest absolute Gasteiger partial charge is 0.396 e. The van der Waals surface area contributed by atoms with Crippen molar-refractivity contribution in [2.75, 3.05) is 12.3 Å². The second kappa shape index (κ2) is 5.54. The van der Waals surface area contributed by atoms with Crippen LogP contribution in [0, 0.1) is 5.82 Å². The molecule has 0 radical (unpaired) electrons. The zero-order valence-electron chi connectivity index (χ0n) is 11.0. The lowest BCUT2D eigenvalue weighted by Gasteiger charge is -2.10.